The van der Waals surface area contributed by atoms with E-state index >= 15 is 0 Å². The molecule has 74 valence electrons. The number of aryl methyl sites for hydroxylation is 1. The quantitative estimate of drug-likeness (QED) is 0.602. The van der Waals surface area contributed by atoms with E-state index in [0.717, 1.165) is 22.2 Å². The molecule has 2 heterocycles. The van der Waals surface area contributed by atoms with Gasteiger partial charge in [0.25, 0.3) is 0 Å². The zero-order valence-electron chi connectivity index (χ0n) is 8.31. The third-order valence-electron chi connectivity index (χ3n) is 2.59. The number of nitrogens with zero attached hydrogens (tertiary/aromatic N) is 2. The molecule has 3 nitrogen and oxygen atoms in total. The van der Waals surface area contributed by atoms with Crippen LogP contribution < -0.4 is 0 Å². The van der Waals surface area contributed by atoms with E-state index in [2.05, 4.69) is 4.98 Å². The molecule has 1 aromatic carbocycles. The lowest BCUT2D eigenvalue weighted by atomic mass is 10.1. The van der Waals surface area contributed by atoms with Gasteiger partial charge in [0, 0.05) is 30.4 Å². The second-order valence-corrected chi connectivity index (χ2v) is 3.72. The van der Waals surface area contributed by atoms with Crippen LogP contribution in [0.5, 0.6) is 5.75 Å². The number of benzene rings is 1. The minimum atomic E-state index is 0.282. The van der Waals surface area contributed by atoms with Gasteiger partial charge in [-0.1, -0.05) is 0 Å². The lowest BCUT2D eigenvalue weighted by Crippen LogP contribution is -1.89. The van der Waals surface area contributed by atoms with Crippen LogP contribution in [0, 0.1) is 0 Å². The number of hydrogen-bond donors (Lipinski definition) is 1. The summed E-state index contributed by atoms with van der Waals surface area (Å²) >= 11 is 0. The van der Waals surface area contributed by atoms with Crippen LogP contribution in [-0.4, -0.2) is 14.7 Å². The highest BCUT2D eigenvalue weighted by Gasteiger charge is 2.11. The Morgan fingerprint density at radius 3 is 3.00 bits per heavy atom. The highest BCUT2D eigenvalue weighted by Crippen LogP contribution is 2.32. The fourth-order valence-corrected chi connectivity index (χ4v) is 1.87. The molecule has 1 N–H and O–H groups in total. The van der Waals surface area contributed by atoms with Gasteiger partial charge in [-0.25, -0.2) is 4.98 Å². The van der Waals surface area contributed by atoms with Crippen molar-refractivity contribution in [3.63, 3.8) is 0 Å². The van der Waals surface area contributed by atoms with Crippen molar-refractivity contribution in [3.8, 4) is 17.0 Å². The van der Waals surface area contributed by atoms with E-state index in [-0.39, 0.29) is 5.75 Å². The van der Waals surface area contributed by atoms with Crippen molar-refractivity contribution in [2.45, 2.75) is 0 Å². The summed E-state index contributed by atoms with van der Waals surface area (Å²) in [6, 6.07) is 7.27. The average molecular weight is 198 g/mol. The van der Waals surface area contributed by atoms with Gasteiger partial charge in [0.05, 0.1) is 11.2 Å². The first-order chi connectivity index (χ1) is 7.24. The fraction of sp³-hybridized carbons (Fsp3) is 0.0833. The highest BCUT2D eigenvalue weighted by atomic mass is 16.3. The SMILES string of the molecule is Cn1ccc2c3cc(O)ccc3nc-2c1. The van der Waals surface area contributed by atoms with Crippen LogP contribution in [0.4, 0.5) is 0 Å². The summed E-state index contributed by atoms with van der Waals surface area (Å²) in [4.78, 5) is 4.49. The standard InChI is InChI=1S/C12H10N2O/c1-14-5-4-9-10-6-8(15)2-3-11(10)13-12(9)7-14/h2-7,15H,1H3. The van der Waals surface area contributed by atoms with Gasteiger partial charge >= 0.3 is 0 Å². The van der Waals surface area contributed by atoms with Gasteiger partial charge in [-0.05, 0) is 24.3 Å². The molecule has 0 unspecified atom stereocenters. The fourth-order valence-electron chi connectivity index (χ4n) is 1.87. The molecule has 0 spiro atoms. The maximum Gasteiger partial charge on any atom is 0.116 e. The molecule has 2 aliphatic heterocycles. The van der Waals surface area contributed by atoms with Crippen LogP contribution in [0.3, 0.4) is 0 Å². The van der Waals surface area contributed by atoms with E-state index in [1.54, 1.807) is 12.1 Å². The van der Waals surface area contributed by atoms with Crippen LogP contribution in [-0.2, 0) is 7.05 Å². The van der Waals surface area contributed by atoms with Gasteiger partial charge in [-0.15, -0.1) is 0 Å². The summed E-state index contributed by atoms with van der Waals surface area (Å²) in [7, 11) is 1.97. The Morgan fingerprint density at radius 2 is 2.13 bits per heavy atom. The Morgan fingerprint density at radius 1 is 1.27 bits per heavy atom. The van der Waals surface area contributed by atoms with E-state index in [1.165, 1.54) is 0 Å². The molecule has 0 bridgehead atoms. The number of hydrogen-bond acceptors (Lipinski definition) is 2. The van der Waals surface area contributed by atoms with Crippen LogP contribution in [0.25, 0.3) is 22.2 Å². The second kappa shape index (κ2) is 2.73. The summed E-state index contributed by atoms with van der Waals surface area (Å²) < 4.78 is 1.97. The molecule has 3 heteroatoms. The zero-order chi connectivity index (χ0) is 10.4. The minimum Gasteiger partial charge on any atom is -0.508 e. The Balaban J connectivity index is 2.46. The Bertz CT molecular complexity index is 612. The van der Waals surface area contributed by atoms with Crippen LogP contribution >= 0.6 is 0 Å². The highest BCUT2D eigenvalue weighted by molar-refractivity contribution is 5.97. The van der Waals surface area contributed by atoms with Crippen molar-refractivity contribution < 1.29 is 5.11 Å². The Kier molecular flexibility index (Phi) is 1.51. The lowest BCUT2D eigenvalue weighted by molar-refractivity contribution is 0.476. The molecule has 2 aliphatic rings. The van der Waals surface area contributed by atoms with Crippen molar-refractivity contribution in [1.29, 1.82) is 0 Å². The molecule has 3 rings (SSSR count). The zero-order valence-corrected chi connectivity index (χ0v) is 8.31. The molecule has 0 saturated heterocycles. The molecule has 0 amide bonds. The first kappa shape index (κ1) is 8.29. The predicted octanol–water partition coefficient (Wildman–Crippen LogP) is 2.38. The molecule has 0 atom stereocenters. The summed E-state index contributed by atoms with van der Waals surface area (Å²) in [6.45, 7) is 0. The molecule has 15 heavy (non-hydrogen) atoms. The van der Waals surface area contributed by atoms with Gasteiger partial charge in [0.2, 0.25) is 0 Å². The summed E-state index contributed by atoms with van der Waals surface area (Å²) in [6.07, 6.45) is 3.96. The third kappa shape index (κ3) is 1.16. The maximum absolute atomic E-state index is 9.43. The van der Waals surface area contributed by atoms with Crippen molar-refractivity contribution in [2.24, 2.45) is 7.05 Å². The lowest BCUT2D eigenvalue weighted by Gasteiger charge is -2.01. The normalized spacial score (nSPS) is 11.3. The van der Waals surface area contributed by atoms with Gasteiger partial charge in [-0.3, -0.25) is 0 Å². The second-order valence-electron chi connectivity index (χ2n) is 3.72. The summed E-state index contributed by atoms with van der Waals surface area (Å²) in [5.41, 5.74) is 2.97. The number of aromatic hydroxyl groups is 1. The van der Waals surface area contributed by atoms with Gasteiger partial charge in [-0.2, -0.15) is 0 Å². The third-order valence-corrected chi connectivity index (χ3v) is 2.59. The van der Waals surface area contributed by atoms with E-state index in [9.17, 15) is 5.11 Å². The molecule has 0 radical (unpaired) electrons. The van der Waals surface area contributed by atoms with E-state index in [1.807, 2.05) is 36.1 Å². The predicted molar refractivity (Wildman–Crippen MR) is 59.0 cm³/mol. The summed E-state index contributed by atoms with van der Waals surface area (Å²) in [5.74, 6) is 0.282. The van der Waals surface area contributed by atoms with Crippen molar-refractivity contribution in [2.75, 3.05) is 0 Å². The Hall–Kier alpha value is -2.03. The largest absolute Gasteiger partial charge is 0.508 e. The van der Waals surface area contributed by atoms with Crippen molar-refractivity contribution in [3.05, 3.63) is 36.7 Å². The Labute approximate surface area is 86.9 Å². The van der Waals surface area contributed by atoms with E-state index in [4.69, 9.17) is 0 Å². The number of phenolic OH excluding ortho intramolecular Hbond substituents is 1. The average Bonchev–Trinajstić information content (AvgIpc) is 2.54. The smallest absolute Gasteiger partial charge is 0.116 e. The molecule has 0 saturated carbocycles. The van der Waals surface area contributed by atoms with Gasteiger partial charge in [0.15, 0.2) is 0 Å². The summed E-state index contributed by atoms with van der Waals surface area (Å²) in [5, 5.41) is 10.4. The number of phenols is 1. The first-order valence-corrected chi connectivity index (χ1v) is 4.78. The number of rotatable bonds is 0. The van der Waals surface area contributed by atoms with Crippen LogP contribution in [0.2, 0.25) is 0 Å². The number of aromatic nitrogens is 2. The minimum absolute atomic E-state index is 0.282. The molecule has 0 fully saturated rings. The molecule has 0 aromatic heterocycles. The first-order valence-electron chi connectivity index (χ1n) is 4.78. The topological polar surface area (TPSA) is 38.0 Å². The molecular weight excluding hydrogens is 188 g/mol. The van der Waals surface area contributed by atoms with E-state index < -0.39 is 0 Å². The van der Waals surface area contributed by atoms with Crippen LogP contribution in [0.15, 0.2) is 36.7 Å². The monoisotopic (exact) mass is 198 g/mol. The molecule has 1 aromatic rings. The number of pyridine rings is 1. The maximum atomic E-state index is 9.43. The molecule has 0 aliphatic carbocycles. The number of fused-ring (bicyclic) bond motifs is 3. The van der Waals surface area contributed by atoms with Gasteiger partial charge < -0.3 is 9.67 Å². The van der Waals surface area contributed by atoms with E-state index in [0.29, 0.717) is 0 Å². The van der Waals surface area contributed by atoms with Crippen molar-refractivity contribution in [1.82, 2.24) is 9.55 Å². The molecular formula is C12H10N2O. The van der Waals surface area contributed by atoms with Crippen molar-refractivity contribution >= 4 is 10.9 Å². The van der Waals surface area contributed by atoms with Crippen LogP contribution in [0.1, 0.15) is 0 Å². The van der Waals surface area contributed by atoms with Gasteiger partial charge in [0.1, 0.15) is 5.75 Å².